The first-order chi connectivity index (χ1) is 9.15. The van der Waals surface area contributed by atoms with Crippen LogP contribution in [0.15, 0.2) is 10.9 Å². The number of aromatic amines is 1. The smallest absolute Gasteiger partial charge is 0.251 e. The second-order valence-corrected chi connectivity index (χ2v) is 5.98. The molecule has 19 heavy (non-hydrogen) atoms. The molecule has 0 unspecified atom stereocenters. The third kappa shape index (κ3) is 4.46. The van der Waals surface area contributed by atoms with Crippen molar-refractivity contribution in [3.05, 3.63) is 27.9 Å². The number of hydrogen-bond acceptors (Lipinski definition) is 3. The molecule has 2 N–H and O–H groups in total. The van der Waals surface area contributed by atoms with E-state index in [0.717, 1.165) is 30.9 Å². The van der Waals surface area contributed by atoms with Crippen LogP contribution in [0.5, 0.6) is 0 Å². The van der Waals surface area contributed by atoms with E-state index in [1.165, 1.54) is 19.3 Å². The van der Waals surface area contributed by atoms with Gasteiger partial charge in [-0.3, -0.25) is 4.79 Å². The van der Waals surface area contributed by atoms with E-state index in [4.69, 9.17) is 0 Å². The Balaban J connectivity index is 2.03. The van der Waals surface area contributed by atoms with Gasteiger partial charge in [-0.15, -0.1) is 0 Å². The molecule has 1 aromatic heterocycles. The molecule has 1 aromatic rings. The minimum Gasteiger partial charge on any atom is -0.311 e. The first-order valence-corrected chi connectivity index (χ1v) is 7.46. The summed E-state index contributed by atoms with van der Waals surface area (Å²) in [6.07, 6.45) is 6.14. The van der Waals surface area contributed by atoms with Crippen molar-refractivity contribution in [1.29, 1.82) is 0 Å². The van der Waals surface area contributed by atoms with Crippen LogP contribution in [0.25, 0.3) is 0 Å². The van der Waals surface area contributed by atoms with Gasteiger partial charge in [-0.05, 0) is 25.3 Å². The van der Waals surface area contributed by atoms with Crippen molar-refractivity contribution in [3.8, 4) is 0 Å². The molecule has 0 aliphatic heterocycles. The van der Waals surface area contributed by atoms with E-state index in [2.05, 4.69) is 29.1 Å². The fourth-order valence-electron chi connectivity index (χ4n) is 2.68. The van der Waals surface area contributed by atoms with Crippen LogP contribution in [-0.2, 0) is 6.54 Å². The molecule has 4 nitrogen and oxygen atoms in total. The summed E-state index contributed by atoms with van der Waals surface area (Å²) in [5, 5.41) is 3.34. The molecule has 1 heterocycles. The molecule has 0 saturated heterocycles. The van der Waals surface area contributed by atoms with E-state index < -0.39 is 0 Å². The molecular weight excluding hydrogens is 238 g/mol. The van der Waals surface area contributed by atoms with E-state index in [-0.39, 0.29) is 5.56 Å². The van der Waals surface area contributed by atoms with E-state index in [1.807, 2.05) is 0 Å². The summed E-state index contributed by atoms with van der Waals surface area (Å²) < 4.78 is 0. The fraction of sp³-hybridized carbons (Fsp3) is 0.733. The van der Waals surface area contributed by atoms with Gasteiger partial charge in [0.2, 0.25) is 0 Å². The van der Waals surface area contributed by atoms with Crippen LogP contribution >= 0.6 is 0 Å². The highest BCUT2D eigenvalue weighted by Crippen LogP contribution is 2.30. The van der Waals surface area contributed by atoms with Crippen LogP contribution in [0.4, 0.5) is 0 Å². The molecule has 2 rings (SSSR count). The lowest BCUT2D eigenvalue weighted by Gasteiger charge is -2.21. The van der Waals surface area contributed by atoms with Crippen LogP contribution < -0.4 is 10.9 Å². The number of rotatable bonds is 5. The third-order valence-electron chi connectivity index (χ3n) is 3.66. The summed E-state index contributed by atoms with van der Waals surface area (Å²) in [5.74, 6) is 1.96. The molecule has 0 atom stereocenters. The lowest BCUT2D eigenvalue weighted by molar-refractivity contribution is 0.426. The van der Waals surface area contributed by atoms with Crippen molar-refractivity contribution in [3.63, 3.8) is 0 Å². The van der Waals surface area contributed by atoms with Crippen LogP contribution in [0.1, 0.15) is 63.4 Å². The number of nitrogens with zero attached hydrogens (tertiary/aromatic N) is 1. The van der Waals surface area contributed by atoms with Gasteiger partial charge in [-0.25, -0.2) is 4.98 Å². The number of H-pyrrole nitrogens is 1. The minimum atomic E-state index is -0.0167. The van der Waals surface area contributed by atoms with Gasteiger partial charge in [-0.2, -0.15) is 0 Å². The predicted octanol–water partition coefficient (Wildman–Crippen LogP) is 2.56. The van der Waals surface area contributed by atoms with Crippen LogP contribution in [0.2, 0.25) is 0 Å². The van der Waals surface area contributed by atoms with Crippen molar-refractivity contribution in [2.75, 3.05) is 6.54 Å². The molecule has 0 bridgehead atoms. The maximum atomic E-state index is 11.7. The average molecular weight is 263 g/mol. The standard InChI is InChI=1S/C15H25N3O/c1-11(2)9-16-10-13-8-14(19)18-15(17-13)12-6-4-3-5-7-12/h8,11-12,16H,3-7,9-10H2,1-2H3,(H,17,18,19). The minimum absolute atomic E-state index is 0.0167. The van der Waals surface area contributed by atoms with Crippen molar-refractivity contribution in [1.82, 2.24) is 15.3 Å². The van der Waals surface area contributed by atoms with E-state index in [0.29, 0.717) is 18.4 Å². The summed E-state index contributed by atoms with van der Waals surface area (Å²) in [6, 6.07) is 1.61. The highest BCUT2D eigenvalue weighted by atomic mass is 16.1. The summed E-state index contributed by atoms with van der Waals surface area (Å²) in [4.78, 5) is 19.3. The van der Waals surface area contributed by atoms with Crippen molar-refractivity contribution in [2.24, 2.45) is 5.92 Å². The zero-order valence-corrected chi connectivity index (χ0v) is 12.0. The van der Waals surface area contributed by atoms with Gasteiger partial charge in [-0.1, -0.05) is 33.1 Å². The molecule has 1 aliphatic carbocycles. The first kappa shape index (κ1) is 14.3. The second kappa shape index (κ2) is 6.85. The van der Waals surface area contributed by atoms with Gasteiger partial charge in [0.1, 0.15) is 5.82 Å². The van der Waals surface area contributed by atoms with Crippen LogP contribution in [0.3, 0.4) is 0 Å². The molecule has 0 aromatic carbocycles. The molecular formula is C15H25N3O. The zero-order valence-electron chi connectivity index (χ0n) is 12.0. The summed E-state index contributed by atoms with van der Waals surface area (Å²) in [5.41, 5.74) is 0.849. The lowest BCUT2D eigenvalue weighted by atomic mass is 9.88. The lowest BCUT2D eigenvalue weighted by Crippen LogP contribution is -2.23. The Morgan fingerprint density at radius 1 is 1.37 bits per heavy atom. The molecule has 0 amide bonds. The van der Waals surface area contributed by atoms with E-state index >= 15 is 0 Å². The quantitative estimate of drug-likeness (QED) is 0.858. The Bertz CT molecular complexity index is 447. The SMILES string of the molecule is CC(C)CNCc1cc(=O)[nH]c(C2CCCCC2)n1. The molecule has 1 fully saturated rings. The number of hydrogen-bond donors (Lipinski definition) is 2. The summed E-state index contributed by atoms with van der Waals surface area (Å²) >= 11 is 0. The Morgan fingerprint density at radius 2 is 2.11 bits per heavy atom. The van der Waals surface area contributed by atoms with Gasteiger partial charge >= 0.3 is 0 Å². The van der Waals surface area contributed by atoms with Crippen LogP contribution in [0, 0.1) is 5.92 Å². The molecule has 4 heteroatoms. The highest BCUT2D eigenvalue weighted by Gasteiger charge is 2.18. The van der Waals surface area contributed by atoms with E-state index in [1.54, 1.807) is 6.07 Å². The Hall–Kier alpha value is -1.16. The summed E-state index contributed by atoms with van der Waals surface area (Å²) in [7, 11) is 0. The predicted molar refractivity (Wildman–Crippen MR) is 77.2 cm³/mol. The number of nitrogens with one attached hydrogen (secondary N) is 2. The Morgan fingerprint density at radius 3 is 2.79 bits per heavy atom. The van der Waals surface area contributed by atoms with Gasteiger partial charge in [0.15, 0.2) is 0 Å². The Labute approximate surface area is 115 Å². The van der Waals surface area contributed by atoms with Crippen molar-refractivity contribution < 1.29 is 0 Å². The van der Waals surface area contributed by atoms with Gasteiger partial charge in [0.05, 0.1) is 5.69 Å². The van der Waals surface area contributed by atoms with Gasteiger partial charge in [0, 0.05) is 18.5 Å². The van der Waals surface area contributed by atoms with Crippen LogP contribution in [-0.4, -0.2) is 16.5 Å². The monoisotopic (exact) mass is 263 g/mol. The van der Waals surface area contributed by atoms with E-state index in [9.17, 15) is 4.79 Å². The Kier molecular flexibility index (Phi) is 5.14. The zero-order chi connectivity index (χ0) is 13.7. The largest absolute Gasteiger partial charge is 0.311 e. The third-order valence-corrected chi connectivity index (χ3v) is 3.66. The molecule has 1 saturated carbocycles. The second-order valence-electron chi connectivity index (χ2n) is 5.98. The molecule has 106 valence electrons. The summed E-state index contributed by atoms with van der Waals surface area (Å²) in [6.45, 7) is 5.98. The first-order valence-electron chi connectivity index (χ1n) is 7.46. The van der Waals surface area contributed by atoms with Gasteiger partial charge < -0.3 is 10.3 Å². The maximum Gasteiger partial charge on any atom is 0.251 e. The van der Waals surface area contributed by atoms with Crippen molar-refractivity contribution in [2.45, 2.75) is 58.4 Å². The maximum absolute atomic E-state index is 11.7. The molecule has 1 aliphatic rings. The molecule has 0 spiro atoms. The van der Waals surface area contributed by atoms with Crippen molar-refractivity contribution >= 4 is 0 Å². The number of aromatic nitrogens is 2. The normalized spacial score (nSPS) is 17.0. The molecule has 0 radical (unpaired) electrons. The fourth-order valence-corrected chi connectivity index (χ4v) is 2.68. The average Bonchev–Trinajstić information content (AvgIpc) is 2.39. The van der Waals surface area contributed by atoms with Gasteiger partial charge in [0.25, 0.3) is 5.56 Å². The highest BCUT2D eigenvalue weighted by molar-refractivity contribution is 5.06. The topological polar surface area (TPSA) is 57.8 Å².